The van der Waals surface area contributed by atoms with E-state index in [0.717, 1.165) is 6.07 Å². The zero-order chi connectivity index (χ0) is 17.2. The summed E-state index contributed by atoms with van der Waals surface area (Å²) in [4.78, 5) is 15.6. The smallest absolute Gasteiger partial charge is 0.354 e. The second-order valence-corrected chi connectivity index (χ2v) is 5.18. The highest BCUT2D eigenvalue weighted by Crippen LogP contribution is 2.33. The fourth-order valence-electron chi connectivity index (χ4n) is 2.02. The Hall–Kier alpha value is -2.35. The number of nitro groups is 1. The van der Waals surface area contributed by atoms with Crippen LogP contribution in [0.4, 0.5) is 24.7 Å². The van der Waals surface area contributed by atoms with E-state index >= 15 is 0 Å². The van der Waals surface area contributed by atoms with Crippen LogP contribution in [0.1, 0.15) is 11.1 Å². The van der Waals surface area contributed by atoms with E-state index < -0.39 is 16.7 Å². The summed E-state index contributed by atoms with van der Waals surface area (Å²) in [7, 11) is 1.54. The van der Waals surface area contributed by atoms with E-state index in [2.05, 4.69) is 4.98 Å². The van der Waals surface area contributed by atoms with Crippen molar-refractivity contribution >= 4 is 23.1 Å². The van der Waals surface area contributed by atoms with Crippen LogP contribution in [-0.4, -0.2) is 17.0 Å². The highest BCUT2D eigenvalue weighted by Gasteiger charge is 2.32. The molecule has 0 amide bonds. The van der Waals surface area contributed by atoms with Gasteiger partial charge in [-0.1, -0.05) is 29.8 Å². The Morgan fingerprint density at radius 2 is 2.00 bits per heavy atom. The molecule has 1 aromatic carbocycles. The summed E-state index contributed by atoms with van der Waals surface area (Å²) >= 11 is 5.86. The molecule has 122 valence electrons. The maximum absolute atomic E-state index is 12.6. The summed E-state index contributed by atoms with van der Waals surface area (Å²) in [5.74, 6) is 0.109. The number of rotatable bonds is 4. The number of hydrogen-bond acceptors (Lipinski definition) is 4. The highest BCUT2D eigenvalue weighted by atomic mass is 35.5. The Balaban J connectivity index is 2.28. The van der Waals surface area contributed by atoms with Crippen LogP contribution in [0.25, 0.3) is 0 Å². The first-order valence-electron chi connectivity index (χ1n) is 6.36. The van der Waals surface area contributed by atoms with Crippen molar-refractivity contribution in [3.63, 3.8) is 0 Å². The Morgan fingerprint density at radius 1 is 1.35 bits per heavy atom. The molecule has 1 aromatic heterocycles. The minimum absolute atomic E-state index is 0.0786. The SMILES string of the molecule is CN(Cc1ccccc1[N+](=O)[O-])c1ncc(C(F)(F)F)cc1Cl. The lowest BCUT2D eigenvalue weighted by molar-refractivity contribution is -0.385. The zero-order valence-electron chi connectivity index (χ0n) is 11.8. The number of nitrogens with zero attached hydrogens (tertiary/aromatic N) is 3. The summed E-state index contributed by atoms with van der Waals surface area (Å²) in [6, 6.07) is 6.86. The van der Waals surface area contributed by atoms with Crippen LogP contribution < -0.4 is 4.90 Å². The van der Waals surface area contributed by atoms with Gasteiger partial charge in [-0.3, -0.25) is 10.1 Å². The molecule has 0 fully saturated rings. The van der Waals surface area contributed by atoms with Crippen LogP contribution in [0.5, 0.6) is 0 Å². The van der Waals surface area contributed by atoms with E-state index in [1.807, 2.05) is 0 Å². The molecule has 0 spiro atoms. The second-order valence-electron chi connectivity index (χ2n) is 4.77. The van der Waals surface area contributed by atoms with Crippen LogP contribution >= 0.6 is 11.6 Å². The van der Waals surface area contributed by atoms with Gasteiger partial charge >= 0.3 is 6.18 Å². The molecule has 0 radical (unpaired) electrons. The first-order chi connectivity index (χ1) is 10.7. The van der Waals surface area contributed by atoms with Crippen LogP contribution in [-0.2, 0) is 12.7 Å². The van der Waals surface area contributed by atoms with E-state index in [1.54, 1.807) is 12.1 Å². The number of halogens is 4. The Morgan fingerprint density at radius 3 is 2.57 bits per heavy atom. The summed E-state index contributed by atoms with van der Waals surface area (Å²) in [6.07, 6.45) is -3.86. The molecule has 23 heavy (non-hydrogen) atoms. The molecule has 0 N–H and O–H groups in total. The van der Waals surface area contributed by atoms with E-state index in [4.69, 9.17) is 11.6 Å². The number of aromatic nitrogens is 1. The van der Waals surface area contributed by atoms with Gasteiger partial charge in [0.25, 0.3) is 5.69 Å². The monoisotopic (exact) mass is 345 g/mol. The third-order valence-electron chi connectivity index (χ3n) is 3.11. The van der Waals surface area contributed by atoms with Crippen molar-refractivity contribution in [2.75, 3.05) is 11.9 Å². The Kier molecular flexibility index (Phi) is 4.74. The number of hydrogen-bond donors (Lipinski definition) is 0. The molecule has 0 aliphatic heterocycles. The van der Waals surface area contributed by atoms with Gasteiger partial charge in [0.05, 0.1) is 22.1 Å². The average Bonchev–Trinajstić information content (AvgIpc) is 2.46. The fraction of sp³-hybridized carbons (Fsp3) is 0.214. The van der Waals surface area contributed by atoms with Crippen LogP contribution in [0, 0.1) is 10.1 Å². The maximum atomic E-state index is 12.6. The van der Waals surface area contributed by atoms with Crippen molar-refractivity contribution in [3.05, 3.63) is 62.8 Å². The molecule has 0 aliphatic rings. The first kappa shape index (κ1) is 17.0. The van der Waals surface area contributed by atoms with E-state index in [-0.39, 0.29) is 23.1 Å². The summed E-state index contributed by atoms with van der Waals surface area (Å²) < 4.78 is 37.8. The predicted octanol–water partition coefficient (Wildman–Crippen LogP) is 4.30. The largest absolute Gasteiger partial charge is 0.417 e. The number of para-hydroxylation sites is 1. The fourth-order valence-corrected chi connectivity index (χ4v) is 2.33. The van der Waals surface area contributed by atoms with Crippen molar-refractivity contribution in [2.24, 2.45) is 0 Å². The van der Waals surface area contributed by atoms with E-state index in [9.17, 15) is 23.3 Å². The molecule has 9 heteroatoms. The standard InChI is InChI=1S/C14H11ClF3N3O2/c1-20(8-9-4-2-3-5-12(9)21(22)23)13-11(15)6-10(7-19-13)14(16,17)18/h2-7H,8H2,1H3. The molecule has 0 saturated heterocycles. The number of anilines is 1. The number of alkyl halides is 3. The molecule has 5 nitrogen and oxygen atoms in total. The maximum Gasteiger partial charge on any atom is 0.417 e. The molecule has 0 atom stereocenters. The van der Waals surface area contributed by atoms with Gasteiger partial charge in [-0.2, -0.15) is 13.2 Å². The Labute approximate surface area is 134 Å². The van der Waals surface area contributed by atoms with Gasteiger partial charge in [-0.25, -0.2) is 4.98 Å². The van der Waals surface area contributed by atoms with Crippen LogP contribution in [0.15, 0.2) is 36.5 Å². The molecule has 0 bridgehead atoms. The molecule has 1 heterocycles. The summed E-state index contributed by atoms with van der Waals surface area (Å²) in [5, 5.41) is 10.8. The predicted molar refractivity (Wildman–Crippen MR) is 79.5 cm³/mol. The van der Waals surface area contributed by atoms with Crippen LogP contribution in [0.3, 0.4) is 0 Å². The summed E-state index contributed by atoms with van der Waals surface area (Å²) in [6.45, 7) is 0.0786. The average molecular weight is 346 g/mol. The normalized spacial score (nSPS) is 11.3. The minimum atomic E-state index is -4.54. The lowest BCUT2D eigenvalue weighted by atomic mass is 10.1. The number of pyridine rings is 1. The van der Waals surface area contributed by atoms with Crippen molar-refractivity contribution in [2.45, 2.75) is 12.7 Å². The third kappa shape index (κ3) is 3.89. The molecule has 2 aromatic rings. The van der Waals surface area contributed by atoms with Gasteiger partial charge < -0.3 is 4.90 Å². The molecule has 0 aliphatic carbocycles. The summed E-state index contributed by atoms with van der Waals surface area (Å²) in [5.41, 5.74) is -0.634. The lowest BCUT2D eigenvalue weighted by Crippen LogP contribution is -2.19. The quantitative estimate of drug-likeness (QED) is 0.612. The molecule has 0 unspecified atom stereocenters. The molecular weight excluding hydrogens is 335 g/mol. The van der Waals surface area contributed by atoms with Gasteiger partial charge in [-0.15, -0.1) is 0 Å². The van der Waals surface area contributed by atoms with Crippen molar-refractivity contribution in [3.8, 4) is 0 Å². The van der Waals surface area contributed by atoms with Gasteiger partial charge in [0, 0.05) is 24.9 Å². The highest BCUT2D eigenvalue weighted by molar-refractivity contribution is 6.33. The molecule has 0 saturated carbocycles. The topological polar surface area (TPSA) is 59.3 Å². The number of benzene rings is 1. The third-order valence-corrected chi connectivity index (χ3v) is 3.38. The molecule has 2 rings (SSSR count). The van der Waals surface area contributed by atoms with E-state index in [1.165, 1.54) is 24.1 Å². The van der Waals surface area contributed by atoms with Gasteiger partial charge in [-0.05, 0) is 6.07 Å². The van der Waals surface area contributed by atoms with Crippen molar-refractivity contribution in [1.82, 2.24) is 4.98 Å². The Bertz CT molecular complexity index is 737. The van der Waals surface area contributed by atoms with E-state index in [0.29, 0.717) is 11.8 Å². The lowest BCUT2D eigenvalue weighted by Gasteiger charge is -2.20. The first-order valence-corrected chi connectivity index (χ1v) is 6.74. The van der Waals surface area contributed by atoms with Crippen molar-refractivity contribution < 1.29 is 18.1 Å². The van der Waals surface area contributed by atoms with Crippen molar-refractivity contribution in [1.29, 1.82) is 0 Å². The van der Waals surface area contributed by atoms with Gasteiger partial charge in [0.1, 0.15) is 5.82 Å². The van der Waals surface area contributed by atoms with Gasteiger partial charge in [0.2, 0.25) is 0 Å². The van der Waals surface area contributed by atoms with Gasteiger partial charge in [0.15, 0.2) is 0 Å². The van der Waals surface area contributed by atoms with Crippen LogP contribution in [0.2, 0.25) is 5.02 Å². The molecular formula is C14H11ClF3N3O2. The minimum Gasteiger partial charge on any atom is -0.354 e. The second kappa shape index (κ2) is 6.41. The number of nitro benzene ring substituents is 1. The zero-order valence-corrected chi connectivity index (χ0v) is 12.6.